The quantitative estimate of drug-likeness (QED) is 0.680. The summed E-state index contributed by atoms with van der Waals surface area (Å²) in [7, 11) is 2.11. The first-order chi connectivity index (χ1) is 8.93. The minimum atomic E-state index is -0.433. The average molecular weight is 270 g/mol. The molecule has 1 aliphatic rings. The SMILES string of the molecule is CCNC(=O)NC(=O)C(C)NC1CCN(C)CC1C. The Kier molecular flexibility index (Phi) is 6.24. The van der Waals surface area contributed by atoms with Gasteiger partial charge in [0.2, 0.25) is 5.91 Å². The normalized spacial score (nSPS) is 25.7. The molecule has 0 bridgehead atoms. The summed E-state index contributed by atoms with van der Waals surface area (Å²) in [6.45, 7) is 8.36. The molecule has 0 aromatic heterocycles. The highest BCUT2D eigenvalue weighted by Crippen LogP contribution is 2.15. The molecule has 6 heteroatoms. The minimum absolute atomic E-state index is 0.280. The molecule has 3 N–H and O–H groups in total. The molecule has 3 unspecified atom stereocenters. The summed E-state index contributed by atoms with van der Waals surface area (Å²) in [5.74, 6) is 0.218. The molecule has 1 saturated heterocycles. The Hall–Kier alpha value is -1.14. The monoisotopic (exact) mass is 270 g/mol. The summed E-state index contributed by atoms with van der Waals surface area (Å²) in [4.78, 5) is 25.4. The highest BCUT2D eigenvalue weighted by molar-refractivity contribution is 5.96. The molecule has 6 nitrogen and oxygen atoms in total. The molecule has 1 fully saturated rings. The molecule has 1 heterocycles. The Morgan fingerprint density at radius 3 is 2.68 bits per heavy atom. The van der Waals surface area contributed by atoms with Gasteiger partial charge in [-0.1, -0.05) is 6.92 Å². The van der Waals surface area contributed by atoms with Crippen LogP contribution in [0.2, 0.25) is 0 Å². The Bertz CT molecular complexity index is 322. The number of nitrogens with zero attached hydrogens (tertiary/aromatic N) is 1. The largest absolute Gasteiger partial charge is 0.338 e. The Labute approximate surface area is 115 Å². The van der Waals surface area contributed by atoms with Crippen LogP contribution >= 0.6 is 0 Å². The molecule has 0 saturated carbocycles. The number of hydrogen-bond donors (Lipinski definition) is 3. The molecule has 0 aromatic rings. The van der Waals surface area contributed by atoms with Crippen molar-refractivity contribution < 1.29 is 9.59 Å². The smallest absolute Gasteiger partial charge is 0.321 e. The van der Waals surface area contributed by atoms with Crippen molar-refractivity contribution in [3.05, 3.63) is 0 Å². The lowest BCUT2D eigenvalue weighted by Gasteiger charge is -2.36. The molecule has 1 aliphatic heterocycles. The summed E-state index contributed by atoms with van der Waals surface area (Å²) in [6, 6.07) is -0.470. The predicted molar refractivity (Wildman–Crippen MR) is 74.9 cm³/mol. The van der Waals surface area contributed by atoms with Gasteiger partial charge in [0.15, 0.2) is 0 Å². The Balaban J connectivity index is 2.39. The van der Waals surface area contributed by atoms with Gasteiger partial charge in [-0.15, -0.1) is 0 Å². The first kappa shape index (κ1) is 15.9. The highest BCUT2D eigenvalue weighted by Gasteiger charge is 2.27. The van der Waals surface area contributed by atoms with E-state index >= 15 is 0 Å². The van der Waals surface area contributed by atoms with Crippen LogP contribution in [-0.4, -0.2) is 55.6 Å². The van der Waals surface area contributed by atoms with Gasteiger partial charge in [0.05, 0.1) is 6.04 Å². The van der Waals surface area contributed by atoms with Gasteiger partial charge in [0, 0.05) is 19.1 Å². The maximum Gasteiger partial charge on any atom is 0.321 e. The van der Waals surface area contributed by atoms with Gasteiger partial charge in [-0.25, -0.2) is 4.79 Å². The second kappa shape index (κ2) is 7.45. The van der Waals surface area contributed by atoms with E-state index in [0.29, 0.717) is 18.5 Å². The predicted octanol–water partition coefficient (Wildman–Crippen LogP) is 0.150. The molecule has 0 spiro atoms. The van der Waals surface area contributed by atoms with Crippen LogP contribution in [0, 0.1) is 5.92 Å². The number of likely N-dealkylation sites (tertiary alicyclic amines) is 1. The summed E-state index contributed by atoms with van der Waals surface area (Å²) in [5, 5.41) is 8.19. The maximum absolute atomic E-state index is 11.8. The molecule has 3 amide bonds. The molecular weight excluding hydrogens is 244 g/mol. The van der Waals surface area contributed by atoms with Gasteiger partial charge in [-0.3, -0.25) is 10.1 Å². The third-order valence-electron chi connectivity index (χ3n) is 3.54. The Morgan fingerprint density at radius 2 is 2.11 bits per heavy atom. The van der Waals surface area contributed by atoms with Gasteiger partial charge in [-0.05, 0) is 39.8 Å². The first-order valence-corrected chi connectivity index (χ1v) is 6.97. The van der Waals surface area contributed by atoms with E-state index < -0.39 is 6.03 Å². The second-order valence-electron chi connectivity index (χ2n) is 5.37. The van der Waals surface area contributed by atoms with E-state index in [0.717, 1.165) is 19.5 Å². The van der Waals surface area contributed by atoms with Crippen LogP contribution in [0.1, 0.15) is 27.2 Å². The van der Waals surface area contributed by atoms with Gasteiger partial charge in [0.25, 0.3) is 0 Å². The van der Waals surface area contributed by atoms with E-state index in [9.17, 15) is 9.59 Å². The van der Waals surface area contributed by atoms with E-state index in [2.05, 4.69) is 34.8 Å². The van der Waals surface area contributed by atoms with Gasteiger partial charge in [0.1, 0.15) is 0 Å². The van der Waals surface area contributed by atoms with E-state index in [1.165, 1.54) is 0 Å². The van der Waals surface area contributed by atoms with Crippen LogP contribution in [-0.2, 0) is 4.79 Å². The van der Waals surface area contributed by atoms with E-state index in [1.54, 1.807) is 6.92 Å². The van der Waals surface area contributed by atoms with Crippen molar-refractivity contribution in [1.82, 2.24) is 20.9 Å². The lowest BCUT2D eigenvalue weighted by Crippen LogP contribution is -2.54. The van der Waals surface area contributed by atoms with Gasteiger partial charge >= 0.3 is 6.03 Å². The number of urea groups is 1. The number of nitrogens with one attached hydrogen (secondary N) is 3. The van der Waals surface area contributed by atoms with Crippen molar-refractivity contribution in [2.45, 2.75) is 39.3 Å². The van der Waals surface area contributed by atoms with Crippen molar-refractivity contribution in [3.63, 3.8) is 0 Å². The van der Waals surface area contributed by atoms with Crippen LogP contribution in [0.5, 0.6) is 0 Å². The average Bonchev–Trinajstić information content (AvgIpc) is 2.32. The molecule has 19 heavy (non-hydrogen) atoms. The van der Waals surface area contributed by atoms with Crippen molar-refractivity contribution in [1.29, 1.82) is 0 Å². The lowest BCUT2D eigenvalue weighted by molar-refractivity contribution is -0.122. The molecule has 1 rings (SSSR count). The van der Waals surface area contributed by atoms with Crippen molar-refractivity contribution in [3.8, 4) is 0 Å². The maximum atomic E-state index is 11.8. The van der Waals surface area contributed by atoms with Crippen LogP contribution in [0.4, 0.5) is 4.79 Å². The summed E-state index contributed by atoms with van der Waals surface area (Å²) >= 11 is 0. The zero-order valence-corrected chi connectivity index (χ0v) is 12.3. The first-order valence-electron chi connectivity index (χ1n) is 6.97. The molecular formula is C13H26N4O2. The lowest BCUT2D eigenvalue weighted by atomic mass is 9.93. The van der Waals surface area contributed by atoms with Crippen LogP contribution < -0.4 is 16.0 Å². The number of piperidine rings is 1. The summed E-state index contributed by atoms with van der Waals surface area (Å²) < 4.78 is 0. The minimum Gasteiger partial charge on any atom is -0.338 e. The standard InChI is InChI=1S/C13H26N4O2/c1-5-14-13(19)16-12(18)10(3)15-11-6-7-17(4)8-9(11)2/h9-11,15H,5-8H2,1-4H3,(H2,14,16,18,19). The highest BCUT2D eigenvalue weighted by atomic mass is 16.2. The van der Waals surface area contributed by atoms with E-state index in [-0.39, 0.29) is 11.9 Å². The van der Waals surface area contributed by atoms with E-state index in [1.807, 2.05) is 6.92 Å². The van der Waals surface area contributed by atoms with Crippen LogP contribution in [0.3, 0.4) is 0 Å². The number of carbonyl (C=O) groups excluding carboxylic acids is 2. The number of carbonyl (C=O) groups is 2. The number of hydrogen-bond acceptors (Lipinski definition) is 4. The third-order valence-corrected chi connectivity index (χ3v) is 3.54. The summed E-state index contributed by atoms with van der Waals surface area (Å²) in [6.07, 6.45) is 1.02. The number of rotatable bonds is 4. The number of amides is 3. The van der Waals surface area contributed by atoms with Crippen molar-refractivity contribution >= 4 is 11.9 Å². The summed E-state index contributed by atoms with van der Waals surface area (Å²) in [5.41, 5.74) is 0. The molecule has 3 atom stereocenters. The third kappa shape index (κ3) is 5.16. The molecule has 0 radical (unpaired) electrons. The zero-order chi connectivity index (χ0) is 14.4. The van der Waals surface area contributed by atoms with Gasteiger partial charge < -0.3 is 15.5 Å². The molecule has 110 valence electrons. The van der Waals surface area contributed by atoms with Crippen LogP contribution in [0.15, 0.2) is 0 Å². The fourth-order valence-electron chi connectivity index (χ4n) is 2.42. The fraction of sp³-hybridized carbons (Fsp3) is 0.846. The second-order valence-corrected chi connectivity index (χ2v) is 5.37. The van der Waals surface area contributed by atoms with E-state index in [4.69, 9.17) is 0 Å². The van der Waals surface area contributed by atoms with Crippen molar-refractivity contribution in [2.24, 2.45) is 5.92 Å². The van der Waals surface area contributed by atoms with Gasteiger partial charge in [-0.2, -0.15) is 0 Å². The van der Waals surface area contributed by atoms with Crippen LogP contribution in [0.25, 0.3) is 0 Å². The van der Waals surface area contributed by atoms with Crippen molar-refractivity contribution in [2.75, 3.05) is 26.7 Å². The fourth-order valence-corrected chi connectivity index (χ4v) is 2.42. The molecule has 0 aliphatic carbocycles. The zero-order valence-electron chi connectivity index (χ0n) is 12.3. The Morgan fingerprint density at radius 1 is 1.42 bits per heavy atom. The number of imide groups is 1. The topological polar surface area (TPSA) is 73.5 Å². The molecule has 0 aromatic carbocycles.